The number of amides is 1. The van der Waals surface area contributed by atoms with Crippen molar-refractivity contribution in [2.75, 3.05) is 19.0 Å². The maximum absolute atomic E-state index is 13.1. The quantitative estimate of drug-likeness (QED) is 0.355. The van der Waals surface area contributed by atoms with Gasteiger partial charge in [-0.25, -0.2) is 4.98 Å². The van der Waals surface area contributed by atoms with Crippen molar-refractivity contribution < 1.29 is 9.53 Å². The number of ether oxygens (including phenoxy) is 1. The Balaban J connectivity index is 2.29. The highest BCUT2D eigenvalue weighted by Gasteiger charge is 2.20. The van der Waals surface area contributed by atoms with Gasteiger partial charge in [0.1, 0.15) is 4.83 Å². The molecular formula is C20H31N3O3S2. The van der Waals surface area contributed by atoms with Gasteiger partial charge >= 0.3 is 0 Å². The van der Waals surface area contributed by atoms with Gasteiger partial charge in [-0.1, -0.05) is 18.7 Å². The van der Waals surface area contributed by atoms with Crippen LogP contribution in [0.25, 0.3) is 10.2 Å². The number of aromatic nitrogens is 2. The summed E-state index contributed by atoms with van der Waals surface area (Å²) in [7, 11) is 0. The van der Waals surface area contributed by atoms with Gasteiger partial charge in [0, 0.05) is 30.2 Å². The van der Waals surface area contributed by atoms with Crippen LogP contribution in [-0.4, -0.2) is 40.0 Å². The minimum absolute atomic E-state index is 0.0276. The minimum atomic E-state index is -0.242. The minimum Gasteiger partial charge on any atom is -0.382 e. The van der Waals surface area contributed by atoms with Crippen LogP contribution in [0.5, 0.6) is 0 Å². The fraction of sp³-hybridized carbons (Fsp3) is 0.650. The smallest absolute Gasteiger partial charge is 0.263 e. The van der Waals surface area contributed by atoms with E-state index in [-0.39, 0.29) is 22.8 Å². The summed E-state index contributed by atoms with van der Waals surface area (Å²) in [6, 6.07) is 0. The molecule has 2 heterocycles. The number of carbonyl (C=O) groups excluding carboxylic acids is 1. The summed E-state index contributed by atoms with van der Waals surface area (Å²) in [5.41, 5.74) is 0.726. The fourth-order valence-electron chi connectivity index (χ4n) is 2.72. The number of hydrogen-bond acceptors (Lipinski definition) is 6. The lowest BCUT2D eigenvalue weighted by Crippen LogP contribution is -2.43. The van der Waals surface area contributed by atoms with Gasteiger partial charge in [0.2, 0.25) is 5.91 Å². The van der Waals surface area contributed by atoms with Crippen LogP contribution in [0.3, 0.4) is 0 Å². The number of rotatable bonds is 10. The molecular weight excluding hydrogens is 394 g/mol. The second-order valence-electron chi connectivity index (χ2n) is 7.44. The van der Waals surface area contributed by atoms with Crippen LogP contribution < -0.4 is 10.9 Å². The van der Waals surface area contributed by atoms with Crippen LogP contribution in [0.1, 0.15) is 51.0 Å². The Morgan fingerprint density at radius 1 is 1.32 bits per heavy atom. The van der Waals surface area contributed by atoms with Gasteiger partial charge in [-0.2, -0.15) is 0 Å². The third-order valence-corrected chi connectivity index (χ3v) is 6.90. The van der Waals surface area contributed by atoms with E-state index in [9.17, 15) is 9.59 Å². The zero-order valence-corrected chi connectivity index (χ0v) is 19.3. The molecule has 28 heavy (non-hydrogen) atoms. The maximum Gasteiger partial charge on any atom is 0.263 e. The summed E-state index contributed by atoms with van der Waals surface area (Å²) in [5, 5.41) is 4.32. The zero-order valence-electron chi connectivity index (χ0n) is 17.7. The largest absolute Gasteiger partial charge is 0.382 e. The van der Waals surface area contributed by atoms with E-state index >= 15 is 0 Å². The van der Waals surface area contributed by atoms with Gasteiger partial charge in [0.25, 0.3) is 5.56 Å². The van der Waals surface area contributed by atoms with E-state index in [1.165, 1.54) is 23.1 Å². The highest BCUT2D eigenvalue weighted by atomic mass is 32.2. The number of thioether (sulfide) groups is 1. The summed E-state index contributed by atoms with van der Waals surface area (Å²) in [4.78, 5) is 32.1. The van der Waals surface area contributed by atoms with E-state index < -0.39 is 0 Å². The van der Waals surface area contributed by atoms with Gasteiger partial charge in [0.05, 0.1) is 11.1 Å². The van der Waals surface area contributed by atoms with Crippen LogP contribution in [0, 0.1) is 13.8 Å². The van der Waals surface area contributed by atoms with Crippen LogP contribution in [0.2, 0.25) is 0 Å². The predicted molar refractivity (Wildman–Crippen MR) is 118 cm³/mol. The van der Waals surface area contributed by atoms with Gasteiger partial charge in [-0.15, -0.1) is 11.3 Å². The number of carbonyl (C=O) groups is 1. The lowest BCUT2D eigenvalue weighted by molar-refractivity contribution is -0.120. The van der Waals surface area contributed by atoms with Crippen molar-refractivity contribution in [3.63, 3.8) is 0 Å². The molecule has 2 rings (SSSR count). The number of nitrogens with zero attached hydrogens (tertiary/aromatic N) is 2. The first-order chi connectivity index (χ1) is 13.2. The van der Waals surface area contributed by atoms with Crippen LogP contribution in [-0.2, 0) is 16.1 Å². The fourth-order valence-corrected chi connectivity index (χ4v) is 4.61. The maximum atomic E-state index is 13.1. The Hall–Kier alpha value is -1.38. The van der Waals surface area contributed by atoms with Crippen LogP contribution >= 0.6 is 23.1 Å². The standard InChI is InChI=1S/C20H31N3O3S2/c1-7-20(5,6)22-15(24)12-27-19-21-17-16(13(3)14(4)28-17)18(25)23(19)10-9-11-26-8-2/h7-12H2,1-6H3,(H,22,24). The molecule has 8 heteroatoms. The molecule has 0 aliphatic heterocycles. The van der Waals surface area contributed by atoms with Crippen molar-refractivity contribution in [2.45, 2.75) is 71.6 Å². The third-order valence-electron chi connectivity index (χ3n) is 4.82. The van der Waals surface area contributed by atoms with Gasteiger partial charge in [-0.3, -0.25) is 14.2 Å². The summed E-state index contributed by atoms with van der Waals surface area (Å²) in [5.74, 6) is 0.182. The molecule has 0 bridgehead atoms. The molecule has 0 radical (unpaired) electrons. The van der Waals surface area contributed by atoms with Crippen molar-refractivity contribution in [1.29, 1.82) is 0 Å². The summed E-state index contributed by atoms with van der Waals surface area (Å²) >= 11 is 2.85. The first-order valence-corrected chi connectivity index (χ1v) is 11.5. The lowest BCUT2D eigenvalue weighted by atomic mass is 10.0. The molecule has 1 N–H and O–H groups in total. The van der Waals surface area contributed by atoms with E-state index in [1.54, 1.807) is 4.57 Å². The number of nitrogens with one attached hydrogen (secondary N) is 1. The van der Waals surface area contributed by atoms with Crippen molar-refractivity contribution in [1.82, 2.24) is 14.9 Å². The monoisotopic (exact) mass is 425 g/mol. The molecule has 0 atom stereocenters. The number of thiophene rings is 1. The normalized spacial score (nSPS) is 11.9. The Kier molecular flexibility index (Phi) is 8.09. The van der Waals surface area contributed by atoms with Crippen LogP contribution in [0.4, 0.5) is 0 Å². The molecule has 0 fully saturated rings. The van der Waals surface area contributed by atoms with E-state index in [2.05, 4.69) is 5.32 Å². The molecule has 1 amide bonds. The van der Waals surface area contributed by atoms with Crippen molar-refractivity contribution in [2.24, 2.45) is 0 Å². The average molecular weight is 426 g/mol. The summed E-state index contributed by atoms with van der Waals surface area (Å²) < 4.78 is 7.11. The molecule has 0 spiro atoms. The lowest BCUT2D eigenvalue weighted by Gasteiger charge is -2.24. The third kappa shape index (κ3) is 5.58. The molecule has 0 saturated carbocycles. The van der Waals surface area contributed by atoms with E-state index in [4.69, 9.17) is 9.72 Å². The topological polar surface area (TPSA) is 73.2 Å². The van der Waals surface area contributed by atoms with Crippen molar-refractivity contribution >= 4 is 39.2 Å². The molecule has 2 aromatic heterocycles. The van der Waals surface area contributed by atoms with Gasteiger partial charge in [-0.05, 0) is 53.0 Å². The second kappa shape index (κ2) is 9.89. The van der Waals surface area contributed by atoms with E-state index in [0.717, 1.165) is 28.1 Å². The molecule has 0 aliphatic carbocycles. The van der Waals surface area contributed by atoms with Crippen LogP contribution in [0.15, 0.2) is 9.95 Å². The Morgan fingerprint density at radius 2 is 2.04 bits per heavy atom. The molecule has 0 unspecified atom stereocenters. The highest BCUT2D eigenvalue weighted by Crippen LogP contribution is 2.28. The van der Waals surface area contributed by atoms with Gasteiger partial charge < -0.3 is 10.1 Å². The first-order valence-electron chi connectivity index (χ1n) is 9.72. The molecule has 0 aliphatic rings. The average Bonchev–Trinajstić information content (AvgIpc) is 2.92. The summed E-state index contributed by atoms with van der Waals surface area (Å²) in [6.07, 6.45) is 1.58. The van der Waals surface area contributed by atoms with Crippen molar-refractivity contribution in [3.8, 4) is 0 Å². The molecule has 0 saturated heterocycles. The molecule has 6 nitrogen and oxygen atoms in total. The highest BCUT2D eigenvalue weighted by molar-refractivity contribution is 7.99. The SMILES string of the molecule is CCOCCCn1c(SCC(=O)NC(C)(C)CC)nc2sc(C)c(C)c2c1=O. The molecule has 0 aromatic carbocycles. The number of aryl methyl sites for hydroxylation is 2. The van der Waals surface area contributed by atoms with E-state index in [0.29, 0.717) is 30.3 Å². The number of hydrogen-bond donors (Lipinski definition) is 1. The van der Waals surface area contributed by atoms with Crippen molar-refractivity contribution in [3.05, 3.63) is 20.8 Å². The van der Waals surface area contributed by atoms with E-state index in [1.807, 2.05) is 41.5 Å². The Labute approximate surface area is 175 Å². The zero-order chi connectivity index (χ0) is 20.9. The molecule has 2 aromatic rings. The predicted octanol–water partition coefficient (Wildman–Crippen LogP) is 3.90. The first kappa shape index (κ1) is 22.9. The Morgan fingerprint density at radius 3 is 2.68 bits per heavy atom. The van der Waals surface area contributed by atoms with Gasteiger partial charge in [0.15, 0.2) is 5.16 Å². The second-order valence-corrected chi connectivity index (χ2v) is 9.59. The Bertz CT molecular complexity index is 887. The molecule has 156 valence electrons. The summed E-state index contributed by atoms with van der Waals surface area (Å²) in [6.45, 7) is 13.8. The number of fused-ring (bicyclic) bond motifs is 1.